The molecule has 0 saturated carbocycles. The van der Waals surface area contributed by atoms with Gasteiger partial charge in [-0.2, -0.15) is 4.72 Å². The molecule has 0 aromatic rings. The molecule has 0 amide bonds. The van der Waals surface area contributed by atoms with Crippen LogP contribution in [0.3, 0.4) is 0 Å². The van der Waals surface area contributed by atoms with E-state index >= 15 is 0 Å². The molecule has 0 bridgehead atoms. The molecule has 2 atom stereocenters. The molecular formula is C2H4Cl3NO3S. The number of alkyl halides is 3. The second kappa shape index (κ2) is 4.06. The lowest BCUT2D eigenvalue weighted by Gasteiger charge is -2.17. The number of nitrogens with one attached hydrogen (secondary N) is 1. The molecule has 0 aliphatic heterocycles. The van der Waals surface area contributed by atoms with Crippen LogP contribution in [0.4, 0.5) is 0 Å². The van der Waals surface area contributed by atoms with Gasteiger partial charge >= 0.3 is 0 Å². The predicted molar refractivity (Wildman–Crippen MR) is 40.2 cm³/mol. The van der Waals surface area contributed by atoms with E-state index in [1.165, 1.54) is 0 Å². The SMILES string of the molecule is O=S(O)NC(O)C(Cl)(Cl)Cl. The van der Waals surface area contributed by atoms with Gasteiger partial charge in [0.1, 0.15) is 0 Å². The molecule has 0 rings (SSSR count). The maximum atomic E-state index is 9.92. The van der Waals surface area contributed by atoms with Crippen molar-refractivity contribution >= 4 is 46.1 Å². The van der Waals surface area contributed by atoms with Crippen molar-refractivity contribution in [2.24, 2.45) is 0 Å². The molecule has 0 aromatic heterocycles. The number of aliphatic hydroxyl groups excluding tert-OH is 1. The fourth-order valence-electron chi connectivity index (χ4n) is 0.162. The van der Waals surface area contributed by atoms with Crippen LogP contribution in [0, 0.1) is 0 Å². The summed E-state index contributed by atoms with van der Waals surface area (Å²) in [5.74, 6) is 0. The highest BCUT2D eigenvalue weighted by Gasteiger charge is 2.31. The summed E-state index contributed by atoms with van der Waals surface area (Å²) in [6, 6.07) is 0. The van der Waals surface area contributed by atoms with Crippen molar-refractivity contribution in [2.45, 2.75) is 10.0 Å². The van der Waals surface area contributed by atoms with Crippen molar-refractivity contribution in [1.29, 1.82) is 0 Å². The molecule has 62 valence electrons. The van der Waals surface area contributed by atoms with Gasteiger partial charge in [-0.3, -0.25) is 4.55 Å². The van der Waals surface area contributed by atoms with E-state index in [0.717, 1.165) is 0 Å². The summed E-state index contributed by atoms with van der Waals surface area (Å²) in [6.07, 6.45) is -1.66. The predicted octanol–water partition coefficient (Wildman–Crippen LogP) is 0.401. The summed E-state index contributed by atoms with van der Waals surface area (Å²) in [5.41, 5.74) is 0. The zero-order chi connectivity index (χ0) is 8.36. The van der Waals surface area contributed by atoms with E-state index in [1.807, 2.05) is 0 Å². The minimum atomic E-state index is -2.40. The molecule has 0 aliphatic rings. The lowest BCUT2D eigenvalue weighted by Crippen LogP contribution is -2.40. The highest BCUT2D eigenvalue weighted by molar-refractivity contribution is 7.77. The monoisotopic (exact) mass is 227 g/mol. The first-order valence-corrected chi connectivity index (χ1v) is 4.20. The molecular weight excluding hydrogens is 224 g/mol. The van der Waals surface area contributed by atoms with E-state index in [1.54, 1.807) is 4.72 Å². The van der Waals surface area contributed by atoms with Gasteiger partial charge in [-0.15, -0.1) is 0 Å². The largest absolute Gasteiger partial charge is 0.373 e. The van der Waals surface area contributed by atoms with Gasteiger partial charge in [-0.25, -0.2) is 4.21 Å². The van der Waals surface area contributed by atoms with Crippen molar-refractivity contribution in [3.05, 3.63) is 0 Å². The Morgan fingerprint density at radius 2 is 1.90 bits per heavy atom. The normalized spacial score (nSPS) is 18.5. The van der Waals surface area contributed by atoms with E-state index in [4.69, 9.17) is 44.5 Å². The maximum absolute atomic E-state index is 9.92. The standard InChI is InChI=1S/C2H4Cl3NO3S/c3-2(4,5)1(7)6-10(8)9/h1,6-7H,(H,8,9). The molecule has 4 nitrogen and oxygen atoms in total. The Morgan fingerprint density at radius 1 is 1.50 bits per heavy atom. The maximum Gasteiger partial charge on any atom is 0.234 e. The molecule has 0 radical (unpaired) electrons. The number of hydrogen-bond donors (Lipinski definition) is 3. The van der Waals surface area contributed by atoms with E-state index in [2.05, 4.69) is 0 Å². The van der Waals surface area contributed by atoms with Crippen LogP contribution in [0.25, 0.3) is 0 Å². The average Bonchev–Trinajstić information content (AvgIpc) is 1.60. The summed E-state index contributed by atoms with van der Waals surface area (Å²) in [7, 11) is 0. The second-order valence-electron chi connectivity index (χ2n) is 1.31. The molecule has 0 fully saturated rings. The zero-order valence-corrected chi connectivity index (χ0v) is 7.51. The first-order chi connectivity index (χ1) is 4.34. The van der Waals surface area contributed by atoms with Crippen LogP contribution in [-0.2, 0) is 11.3 Å². The van der Waals surface area contributed by atoms with E-state index in [0.29, 0.717) is 0 Å². The third-order valence-corrected chi connectivity index (χ3v) is 1.57. The average molecular weight is 228 g/mol. The molecule has 0 aliphatic carbocycles. The van der Waals surface area contributed by atoms with Gasteiger partial charge in [0.05, 0.1) is 0 Å². The highest BCUT2D eigenvalue weighted by Crippen LogP contribution is 2.28. The Kier molecular flexibility index (Phi) is 4.42. The number of hydrogen-bond acceptors (Lipinski definition) is 2. The molecule has 3 N–H and O–H groups in total. The Labute approximate surface area is 74.9 Å². The van der Waals surface area contributed by atoms with Gasteiger partial charge < -0.3 is 5.11 Å². The minimum absolute atomic E-state index is 1.66. The number of aliphatic hydroxyl groups is 1. The van der Waals surface area contributed by atoms with Crippen molar-refractivity contribution in [2.75, 3.05) is 0 Å². The van der Waals surface area contributed by atoms with Crippen LogP contribution >= 0.6 is 34.8 Å². The molecule has 0 aromatic carbocycles. The molecule has 0 heterocycles. The Balaban J connectivity index is 3.85. The smallest absolute Gasteiger partial charge is 0.234 e. The van der Waals surface area contributed by atoms with Gasteiger partial charge in [0, 0.05) is 0 Å². The van der Waals surface area contributed by atoms with Crippen LogP contribution in [-0.4, -0.2) is 23.9 Å². The third kappa shape index (κ3) is 4.68. The number of halogens is 3. The van der Waals surface area contributed by atoms with Crippen LogP contribution < -0.4 is 4.72 Å². The summed E-state index contributed by atoms with van der Waals surface area (Å²) in [4.78, 5) is 0. The fraction of sp³-hybridized carbons (Fsp3) is 1.00. The highest BCUT2D eigenvalue weighted by atomic mass is 35.6. The Bertz CT molecular complexity index is 136. The minimum Gasteiger partial charge on any atom is -0.373 e. The molecule has 0 saturated heterocycles. The second-order valence-corrected chi connectivity index (χ2v) is 4.41. The fourth-order valence-corrected chi connectivity index (χ4v) is 0.888. The van der Waals surface area contributed by atoms with Crippen molar-refractivity contribution in [3.63, 3.8) is 0 Å². The van der Waals surface area contributed by atoms with Gasteiger partial charge in [0.25, 0.3) is 0 Å². The lowest BCUT2D eigenvalue weighted by molar-refractivity contribution is 0.167. The molecule has 8 heteroatoms. The number of rotatable bonds is 2. The van der Waals surface area contributed by atoms with Crippen LogP contribution in [0.1, 0.15) is 0 Å². The van der Waals surface area contributed by atoms with E-state index in [9.17, 15) is 4.21 Å². The van der Waals surface area contributed by atoms with E-state index in [-0.39, 0.29) is 0 Å². The van der Waals surface area contributed by atoms with Crippen molar-refractivity contribution in [1.82, 2.24) is 4.72 Å². The molecule has 10 heavy (non-hydrogen) atoms. The zero-order valence-electron chi connectivity index (χ0n) is 4.42. The first-order valence-electron chi connectivity index (χ1n) is 1.96. The molecule has 0 spiro atoms. The van der Waals surface area contributed by atoms with E-state index < -0.39 is 21.3 Å². The van der Waals surface area contributed by atoms with Gasteiger partial charge in [0.15, 0.2) is 6.23 Å². The van der Waals surface area contributed by atoms with Gasteiger partial charge in [0.2, 0.25) is 15.1 Å². The van der Waals surface area contributed by atoms with Crippen LogP contribution in [0.2, 0.25) is 0 Å². The third-order valence-electron chi connectivity index (χ3n) is 0.522. The lowest BCUT2D eigenvalue weighted by atomic mass is 10.7. The van der Waals surface area contributed by atoms with Crippen molar-refractivity contribution < 1.29 is 13.9 Å². The van der Waals surface area contributed by atoms with Crippen molar-refractivity contribution in [3.8, 4) is 0 Å². The summed E-state index contributed by atoms with van der Waals surface area (Å²) in [6.45, 7) is 0. The summed E-state index contributed by atoms with van der Waals surface area (Å²) in [5, 5.41) is 8.70. The summed E-state index contributed by atoms with van der Waals surface area (Å²) >= 11 is 12.9. The van der Waals surface area contributed by atoms with Gasteiger partial charge in [-0.1, -0.05) is 34.8 Å². The first kappa shape index (κ1) is 10.9. The Hall–Kier alpha value is 0.900. The molecule has 2 unspecified atom stereocenters. The quantitative estimate of drug-likeness (QED) is 0.364. The Morgan fingerprint density at radius 3 is 2.00 bits per heavy atom. The topological polar surface area (TPSA) is 69.6 Å². The van der Waals surface area contributed by atoms with Gasteiger partial charge in [-0.05, 0) is 0 Å². The van der Waals surface area contributed by atoms with Crippen LogP contribution in [0.5, 0.6) is 0 Å². The van der Waals surface area contributed by atoms with Crippen LogP contribution in [0.15, 0.2) is 0 Å². The summed E-state index contributed by atoms with van der Waals surface area (Å²) < 4.78 is 17.7.